The van der Waals surface area contributed by atoms with Crippen molar-refractivity contribution in [3.8, 4) is 0 Å². The second-order valence-corrected chi connectivity index (χ2v) is 4.18. The van der Waals surface area contributed by atoms with Crippen LogP contribution in [0.2, 0.25) is 0 Å². The normalized spacial score (nSPS) is 10.4. The molecule has 1 aromatic carbocycles. The summed E-state index contributed by atoms with van der Waals surface area (Å²) in [6, 6.07) is 9.09. The van der Waals surface area contributed by atoms with E-state index in [4.69, 9.17) is 0 Å². The fraction of sp³-hybridized carbons (Fsp3) is 0. The maximum absolute atomic E-state index is 10.0. The molecule has 0 spiro atoms. The molecule has 1 unspecified atom stereocenters. The van der Waals surface area contributed by atoms with Crippen molar-refractivity contribution in [1.29, 1.82) is 0 Å². The van der Waals surface area contributed by atoms with E-state index in [0.717, 1.165) is 4.35 Å². The SMILES string of the molecule is O=[N+]([O-])[AsH]c1ccccc1. The molecular formula is C6H6AsNO2. The zero-order chi connectivity index (χ0) is 7.40. The molecule has 0 aliphatic rings. The molecule has 1 rings (SSSR count). The first-order valence-corrected chi connectivity index (χ1v) is 4.74. The summed E-state index contributed by atoms with van der Waals surface area (Å²) in [5, 5.41) is 10.0. The van der Waals surface area contributed by atoms with Crippen LogP contribution < -0.4 is 4.35 Å². The van der Waals surface area contributed by atoms with E-state index < -0.39 is 16.0 Å². The Balaban J connectivity index is 2.67. The Kier molecular flexibility index (Phi) is 2.46. The molecule has 0 bridgehead atoms. The predicted molar refractivity (Wildman–Crippen MR) is 40.2 cm³/mol. The molecule has 52 valence electrons. The van der Waals surface area contributed by atoms with Crippen molar-refractivity contribution in [2.75, 3.05) is 0 Å². The van der Waals surface area contributed by atoms with Crippen molar-refractivity contribution in [2.45, 2.75) is 0 Å². The molecule has 0 aliphatic heterocycles. The molecule has 1 atom stereocenters. The Morgan fingerprint density at radius 3 is 2.40 bits per heavy atom. The molecule has 0 fully saturated rings. The van der Waals surface area contributed by atoms with Crippen LogP contribution in [0.1, 0.15) is 0 Å². The molecule has 1 aromatic rings. The molecule has 0 saturated heterocycles. The molecule has 0 radical (unpaired) electrons. The number of nitro groups is 1. The Morgan fingerprint density at radius 1 is 1.30 bits per heavy atom. The van der Waals surface area contributed by atoms with Crippen LogP contribution in [-0.4, -0.2) is 19.8 Å². The summed E-state index contributed by atoms with van der Waals surface area (Å²) in [4.78, 5) is 10.0. The van der Waals surface area contributed by atoms with Gasteiger partial charge in [-0.25, -0.2) is 0 Å². The van der Waals surface area contributed by atoms with Crippen LogP contribution in [-0.2, 0) is 0 Å². The van der Waals surface area contributed by atoms with Crippen molar-refractivity contribution in [1.82, 2.24) is 0 Å². The van der Waals surface area contributed by atoms with Crippen molar-refractivity contribution < 1.29 is 3.84 Å². The van der Waals surface area contributed by atoms with Gasteiger partial charge in [-0.3, -0.25) is 0 Å². The first-order chi connectivity index (χ1) is 4.79. The summed E-state index contributed by atoms with van der Waals surface area (Å²) in [6.07, 6.45) is 0. The monoisotopic (exact) mass is 199 g/mol. The average Bonchev–Trinajstić information content (AvgIpc) is 1.88. The van der Waals surface area contributed by atoms with E-state index in [1.165, 1.54) is 0 Å². The van der Waals surface area contributed by atoms with Gasteiger partial charge in [0.25, 0.3) is 0 Å². The topological polar surface area (TPSA) is 43.1 Å². The molecular weight excluding hydrogens is 193 g/mol. The molecule has 0 aliphatic carbocycles. The van der Waals surface area contributed by atoms with Crippen molar-refractivity contribution in [3.05, 3.63) is 40.4 Å². The van der Waals surface area contributed by atoms with Crippen LogP contribution in [0.4, 0.5) is 0 Å². The van der Waals surface area contributed by atoms with Gasteiger partial charge in [0.2, 0.25) is 0 Å². The van der Waals surface area contributed by atoms with Gasteiger partial charge >= 0.3 is 64.6 Å². The number of benzene rings is 1. The van der Waals surface area contributed by atoms with Crippen LogP contribution in [0.3, 0.4) is 0 Å². The van der Waals surface area contributed by atoms with Gasteiger partial charge in [0, 0.05) is 0 Å². The summed E-state index contributed by atoms with van der Waals surface area (Å²) in [6.45, 7) is 0. The van der Waals surface area contributed by atoms with Crippen LogP contribution in [0, 0.1) is 10.1 Å². The first kappa shape index (κ1) is 7.29. The Bertz CT molecular complexity index is 224. The maximum atomic E-state index is 10.0. The zero-order valence-corrected chi connectivity index (χ0v) is 7.25. The van der Waals surface area contributed by atoms with Gasteiger partial charge in [-0.1, -0.05) is 0 Å². The van der Waals surface area contributed by atoms with E-state index in [1.54, 1.807) is 12.1 Å². The number of hydrogen-bond donors (Lipinski definition) is 0. The van der Waals surface area contributed by atoms with Gasteiger partial charge in [0.1, 0.15) is 0 Å². The van der Waals surface area contributed by atoms with Gasteiger partial charge in [0.15, 0.2) is 0 Å². The third-order valence-electron chi connectivity index (χ3n) is 0.994. The van der Waals surface area contributed by atoms with E-state index in [2.05, 4.69) is 0 Å². The molecule has 0 N–H and O–H groups in total. The van der Waals surface area contributed by atoms with Crippen LogP contribution in [0.15, 0.2) is 30.3 Å². The quantitative estimate of drug-likeness (QED) is 0.380. The summed E-state index contributed by atoms with van der Waals surface area (Å²) in [5.74, 6) is 0. The van der Waals surface area contributed by atoms with Crippen LogP contribution >= 0.6 is 0 Å². The van der Waals surface area contributed by atoms with E-state index in [1.807, 2.05) is 18.2 Å². The van der Waals surface area contributed by atoms with E-state index >= 15 is 0 Å². The zero-order valence-electron chi connectivity index (χ0n) is 5.15. The third kappa shape index (κ3) is 2.19. The number of nitrogens with zero attached hydrogens (tertiary/aromatic N) is 1. The fourth-order valence-electron chi connectivity index (χ4n) is 0.618. The standard InChI is InChI=1S/C6H6AsNO2/c9-8(10)7-6-4-2-1-3-5-6/h1-5,7H. The molecule has 3 nitrogen and oxygen atoms in total. The van der Waals surface area contributed by atoms with E-state index in [9.17, 15) is 10.1 Å². The van der Waals surface area contributed by atoms with E-state index in [-0.39, 0.29) is 3.84 Å². The van der Waals surface area contributed by atoms with Crippen LogP contribution in [0.5, 0.6) is 0 Å². The number of rotatable bonds is 2. The number of hydrogen-bond acceptors (Lipinski definition) is 2. The van der Waals surface area contributed by atoms with Gasteiger partial charge in [-0.2, -0.15) is 0 Å². The molecule has 0 saturated carbocycles. The van der Waals surface area contributed by atoms with Crippen molar-refractivity contribution in [3.63, 3.8) is 0 Å². The molecule has 0 heterocycles. The average molecular weight is 199 g/mol. The molecule has 0 aromatic heterocycles. The van der Waals surface area contributed by atoms with Gasteiger partial charge in [0.05, 0.1) is 0 Å². The molecule has 4 heteroatoms. The summed E-state index contributed by atoms with van der Waals surface area (Å²) in [7, 11) is 0. The minimum atomic E-state index is -1.14. The minimum absolute atomic E-state index is 0.213. The summed E-state index contributed by atoms with van der Waals surface area (Å²) in [5.41, 5.74) is 0. The Hall–Kier alpha value is -0.822. The molecule has 10 heavy (non-hydrogen) atoms. The van der Waals surface area contributed by atoms with E-state index in [0.29, 0.717) is 0 Å². The van der Waals surface area contributed by atoms with Crippen molar-refractivity contribution in [2.24, 2.45) is 0 Å². The molecule has 0 amide bonds. The van der Waals surface area contributed by atoms with Gasteiger partial charge in [-0.05, 0) is 0 Å². The summed E-state index contributed by atoms with van der Waals surface area (Å²) >= 11 is -1.14. The Morgan fingerprint density at radius 2 is 1.90 bits per heavy atom. The van der Waals surface area contributed by atoms with Crippen molar-refractivity contribution >= 4 is 20.3 Å². The second-order valence-electron chi connectivity index (χ2n) is 1.73. The van der Waals surface area contributed by atoms with Gasteiger partial charge in [-0.15, -0.1) is 0 Å². The fourth-order valence-corrected chi connectivity index (χ4v) is 1.78. The van der Waals surface area contributed by atoms with Gasteiger partial charge < -0.3 is 0 Å². The second kappa shape index (κ2) is 3.37. The predicted octanol–water partition coefficient (Wildman–Crippen LogP) is -0.0599. The third-order valence-corrected chi connectivity index (χ3v) is 2.62. The summed E-state index contributed by atoms with van der Waals surface area (Å²) < 4.78 is 0.655. The Labute approximate surface area is 65.1 Å². The van der Waals surface area contributed by atoms with Crippen LogP contribution in [0.25, 0.3) is 0 Å². The first-order valence-electron chi connectivity index (χ1n) is 2.75.